The molecule has 118 valence electrons. The average molecular weight is 321 g/mol. The highest BCUT2D eigenvalue weighted by Crippen LogP contribution is 2.31. The SMILES string of the molecule is O=C1NCCN(C(=O)C2CCCCC2)C1c1ccc(Cl)cc1. The van der Waals surface area contributed by atoms with Crippen LogP contribution < -0.4 is 5.32 Å². The van der Waals surface area contributed by atoms with Gasteiger partial charge >= 0.3 is 0 Å². The molecule has 5 heteroatoms. The highest BCUT2D eigenvalue weighted by atomic mass is 35.5. The van der Waals surface area contributed by atoms with Gasteiger partial charge in [0.1, 0.15) is 6.04 Å². The Morgan fingerprint density at radius 2 is 1.82 bits per heavy atom. The zero-order valence-electron chi connectivity index (χ0n) is 12.6. The van der Waals surface area contributed by atoms with E-state index in [9.17, 15) is 9.59 Å². The quantitative estimate of drug-likeness (QED) is 0.911. The first kappa shape index (κ1) is 15.3. The first-order chi connectivity index (χ1) is 10.7. The van der Waals surface area contributed by atoms with Crippen LogP contribution in [0.3, 0.4) is 0 Å². The number of rotatable bonds is 2. The molecule has 1 heterocycles. The molecule has 0 aromatic heterocycles. The molecule has 1 atom stereocenters. The van der Waals surface area contributed by atoms with E-state index in [0.717, 1.165) is 31.2 Å². The number of carbonyl (C=O) groups excluding carboxylic acids is 2. The molecule has 3 rings (SSSR count). The molecule has 0 radical (unpaired) electrons. The number of hydrogen-bond donors (Lipinski definition) is 1. The van der Waals surface area contributed by atoms with Crippen LogP contribution in [-0.4, -0.2) is 29.8 Å². The largest absolute Gasteiger partial charge is 0.352 e. The summed E-state index contributed by atoms with van der Waals surface area (Å²) < 4.78 is 0. The van der Waals surface area contributed by atoms with Gasteiger partial charge in [0.05, 0.1) is 0 Å². The Morgan fingerprint density at radius 3 is 2.50 bits per heavy atom. The van der Waals surface area contributed by atoms with Crippen molar-refractivity contribution in [3.63, 3.8) is 0 Å². The zero-order chi connectivity index (χ0) is 15.5. The van der Waals surface area contributed by atoms with Crippen molar-refractivity contribution in [1.29, 1.82) is 0 Å². The fourth-order valence-corrected chi connectivity index (χ4v) is 3.59. The summed E-state index contributed by atoms with van der Waals surface area (Å²) in [6.45, 7) is 1.11. The smallest absolute Gasteiger partial charge is 0.247 e. The van der Waals surface area contributed by atoms with Crippen LogP contribution in [0.1, 0.15) is 43.7 Å². The Balaban J connectivity index is 1.84. The summed E-state index contributed by atoms with van der Waals surface area (Å²) in [5.41, 5.74) is 0.825. The summed E-state index contributed by atoms with van der Waals surface area (Å²) in [5.74, 6) is 0.113. The van der Waals surface area contributed by atoms with Crippen LogP contribution in [0, 0.1) is 5.92 Å². The van der Waals surface area contributed by atoms with E-state index in [1.54, 1.807) is 17.0 Å². The number of benzene rings is 1. The number of halogens is 1. The lowest BCUT2D eigenvalue weighted by molar-refractivity contribution is -0.147. The summed E-state index contributed by atoms with van der Waals surface area (Å²) in [7, 11) is 0. The van der Waals surface area contributed by atoms with Gasteiger partial charge in [-0.25, -0.2) is 0 Å². The predicted molar refractivity (Wildman–Crippen MR) is 85.5 cm³/mol. The molecule has 2 amide bonds. The van der Waals surface area contributed by atoms with Gasteiger partial charge in [0.15, 0.2) is 0 Å². The molecule has 1 N–H and O–H groups in total. The third-order valence-electron chi connectivity index (χ3n) is 4.64. The Hall–Kier alpha value is -1.55. The number of nitrogens with one attached hydrogen (secondary N) is 1. The summed E-state index contributed by atoms with van der Waals surface area (Å²) in [6, 6.07) is 6.67. The van der Waals surface area contributed by atoms with Crippen molar-refractivity contribution >= 4 is 23.4 Å². The van der Waals surface area contributed by atoms with E-state index >= 15 is 0 Å². The lowest BCUT2D eigenvalue weighted by Gasteiger charge is -2.38. The molecular formula is C17H21ClN2O2. The van der Waals surface area contributed by atoms with Crippen molar-refractivity contribution in [1.82, 2.24) is 10.2 Å². The van der Waals surface area contributed by atoms with Crippen molar-refractivity contribution < 1.29 is 9.59 Å². The van der Waals surface area contributed by atoms with Gasteiger partial charge in [-0.15, -0.1) is 0 Å². The molecule has 1 saturated heterocycles. The van der Waals surface area contributed by atoms with E-state index < -0.39 is 6.04 Å². The second kappa shape index (κ2) is 6.69. The molecule has 1 aromatic carbocycles. The molecule has 2 fully saturated rings. The molecule has 0 spiro atoms. The Kier molecular flexibility index (Phi) is 4.67. The van der Waals surface area contributed by atoms with Gasteiger partial charge in [0, 0.05) is 24.0 Å². The standard InChI is InChI=1S/C17H21ClN2O2/c18-14-8-6-12(7-9-14)15-16(21)19-10-11-20(15)17(22)13-4-2-1-3-5-13/h6-9,13,15H,1-5,10-11H2,(H,19,21). The summed E-state index contributed by atoms with van der Waals surface area (Å²) >= 11 is 5.93. The van der Waals surface area contributed by atoms with E-state index in [-0.39, 0.29) is 17.7 Å². The second-order valence-electron chi connectivity index (χ2n) is 6.11. The van der Waals surface area contributed by atoms with Crippen molar-refractivity contribution in [2.45, 2.75) is 38.1 Å². The number of nitrogens with zero attached hydrogens (tertiary/aromatic N) is 1. The van der Waals surface area contributed by atoms with Gasteiger partial charge in [0.25, 0.3) is 0 Å². The molecule has 1 aliphatic carbocycles. The maximum Gasteiger partial charge on any atom is 0.247 e. The van der Waals surface area contributed by atoms with Crippen LogP contribution in [0.15, 0.2) is 24.3 Å². The summed E-state index contributed by atoms with van der Waals surface area (Å²) in [5, 5.41) is 3.50. The molecule has 1 saturated carbocycles. The van der Waals surface area contributed by atoms with Gasteiger partial charge in [-0.1, -0.05) is 43.0 Å². The lowest BCUT2D eigenvalue weighted by Crippen LogP contribution is -2.53. The Morgan fingerprint density at radius 1 is 1.14 bits per heavy atom. The normalized spacial score (nSPS) is 23.2. The first-order valence-electron chi connectivity index (χ1n) is 8.00. The lowest BCUT2D eigenvalue weighted by atomic mass is 9.87. The minimum absolute atomic E-state index is 0.0782. The fourth-order valence-electron chi connectivity index (χ4n) is 3.46. The molecular weight excluding hydrogens is 300 g/mol. The topological polar surface area (TPSA) is 49.4 Å². The van der Waals surface area contributed by atoms with Gasteiger partial charge < -0.3 is 10.2 Å². The molecule has 1 aromatic rings. The number of hydrogen-bond acceptors (Lipinski definition) is 2. The highest BCUT2D eigenvalue weighted by Gasteiger charge is 2.37. The molecule has 0 bridgehead atoms. The van der Waals surface area contributed by atoms with Crippen LogP contribution in [0.5, 0.6) is 0 Å². The third kappa shape index (κ3) is 3.12. The number of piperazine rings is 1. The van der Waals surface area contributed by atoms with Crippen molar-refractivity contribution in [2.75, 3.05) is 13.1 Å². The van der Waals surface area contributed by atoms with Gasteiger partial charge in [-0.2, -0.15) is 0 Å². The van der Waals surface area contributed by atoms with Gasteiger partial charge in [0.2, 0.25) is 11.8 Å². The number of carbonyl (C=O) groups is 2. The number of amides is 2. The Labute approximate surface area is 135 Å². The maximum atomic E-state index is 12.9. The Bertz CT molecular complexity index is 552. The molecule has 4 nitrogen and oxygen atoms in total. The van der Waals surface area contributed by atoms with Crippen LogP contribution in [0.25, 0.3) is 0 Å². The van der Waals surface area contributed by atoms with Crippen LogP contribution in [0.2, 0.25) is 5.02 Å². The predicted octanol–water partition coefficient (Wildman–Crippen LogP) is 2.92. The zero-order valence-corrected chi connectivity index (χ0v) is 13.3. The van der Waals surface area contributed by atoms with Gasteiger partial charge in [-0.3, -0.25) is 9.59 Å². The highest BCUT2D eigenvalue weighted by molar-refractivity contribution is 6.30. The minimum atomic E-state index is -0.527. The first-order valence-corrected chi connectivity index (χ1v) is 8.38. The van der Waals surface area contributed by atoms with E-state index in [0.29, 0.717) is 18.1 Å². The van der Waals surface area contributed by atoms with Crippen LogP contribution >= 0.6 is 11.6 Å². The van der Waals surface area contributed by atoms with E-state index in [4.69, 9.17) is 11.6 Å². The van der Waals surface area contributed by atoms with E-state index in [1.165, 1.54) is 6.42 Å². The fraction of sp³-hybridized carbons (Fsp3) is 0.529. The summed E-state index contributed by atoms with van der Waals surface area (Å²) in [6.07, 6.45) is 5.34. The monoisotopic (exact) mass is 320 g/mol. The summed E-state index contributed by atoms with van der Waals surface area (Å²) in [4.78, 5) is 27.0. The van der Waals surface area contributed by atoms with E-state index in [2.05, 4.69) is 5.32 Å². The van der Waals surface area contributed by atoms with Crippen molar-refractivity contribution in [2.24, 2.45) is 5.92 Å². The van der Waals surface area contributed by atoms with Gasteiger partial charge in [-0.05, 0) is 30.5 Å². The third-order valence-corrected chi connectivity index (χ3v) is 4.89. The molecule has 22 heavy (non-hydrogen) atoms. The average Bonchev–Trinajstić information content (AvgIpc) is 2.56. The second-order valence-corrected chi connectivity index (χ2v) is 6.55. The van der Waals surface area contributed by atoms with Crippen molar-refractivity contribution in [3.8, 4) is 0 Å². The van der Waals surface area contributed by atoms with Crippen molar-refractivity contribution in [3.05, 3.63) is 34.9 Å². The maximum absolute atomic E-state index is 12.9. The molecule has 1 aliphatic heterocycles. The minimum Gasteiger partial charge on any atom is -0.352 e. The van der Waals surface area contributed by atoms with Crippen LogP contribution in [0.4, 0.5) is 0 Å². The van der Waals surface area contributed by atoms with E-state index in [1.807, 2.05) is 12.1 Å². The van der Waals surface area contributed by atoms with Crippen LogP contribution in [-0.2, 0) is 9.59 Å². The molecule has 2 aliphatic rings. The molecule has 1 unspecified atom stereocenters.